The molecule has 1 N–H and O–H groups in total. The summed E-state index contributed by atoms with van der Waals surface area (Å²) in [5.74, 6) is 0.886. The number of rotatable bonds is 4. The third kappa shape index (κ3) is 3.57. The van der Waals surface area contributed by atoms with E-state index >= 15 is 0 Å². The van der Waals surface area contributed by atoms with Gasteiger partial charge in [-0.15, -0.1) is 0 Å². The van der Waals surface area contributed by atoms with Crippen molar-refractivity contribution in [1.29, 1.82) is 0 Å². The van der Waals surface area contributed by atoms with Crippen LogP contribution in [0.5, 0.6) is 5.75 Å². The van der Waals surface area contributed by atoms with Crippen LogP contribution >= 0.6 is 0 Å². The molecule has 3 nitrogen and oxygen atoms in total. The van der Waals surface area contributed by atoms with Crippen molar-refractivity contribution in [3.8, 4) is 5.75 Å². The maximum absolute atomic E-state index is 10.8. The Morgan fingerprint density at radius 2 is 1.94 bits per heavy atom. The lowest BCUT2D eigenvalue weighted by atomic mass is 10.1. The summed E-state index contributed by atoms with van der Waals surface area (Å²) in [7, 11) is 0. The van der Waals surface area contributed by atoms with Crippen LogP contribution in [0.3, 0.4) is 0 Å². The normalized spacial score (nSPS) is 12.0. The van der Waals surface area contributed by atoms with Gasteiger partial charge in [0, 0.05) is 6.92 Å². The van der Waals surface area contributed by atoms with Crippen LogP contribution in [-0.4, -0.2) is 18.6 Å². The predicted molar refractivity (Wildman–Crippen MR) is 64.7 cm³/mol. The highest BCUT2D eigenvalue weighted by molar-refractivity contribution is 5.73. The highest BCUT2D eigenvalue weighted by atomic mass is 16.5. The molecule has 1 atom stereocenters. The molecule has 1 aromatic carbocycles. The second-order valence-electron chi connectivity index (χ2n) is 4.13. The van der Waals surface area contributed by atoms with Crippen molar-refractivity contribution in [2.45, 2.75) is 33.7 Å². The van der Waals surface area contributed by atoms with Crippen LogP contribution in [0.4, 0.5) is 0 Å². The molecule has 0 heterocycles. The Kier molecular flexibility index (Phi) is 4.35. The molecule has 1 amide bonds. The molecule has 1 aromatic rings. The van der Waals surface area contributed by atoms with E-state index in [0.29, 0.717) is 6.61 Å². The van der Waals surface area contributed by atoms with Crippen LogP contribution < -0.4 is 10.1 Å². The smallest absolute Gasteiger partial charge is 0.217 e. The van der Waals surface area contributed by atoms with E-state index in [1.54, 1.807) is 0 Å². The molecule has 88 valence electrons. The predicted octanol–water partition coefficient (Wildman–Crippen LogP) is 2.21. The Morgan fingerprint density at radius 3 is 2.44 bits per heavy atom. The van der Waals surface area contributed by atoms with Crippen molar-refractivity contribution in [2.75, 3.05) is 6.61 Å². The number of nitrogens with one attached hydrogen (secondary N) is 1. The first-order valence-electron chi connectivity index (χ1n) is 5.47. The van der Waals surface area contributed by atoms with Crippen LogP contribution in [-0.2, 0) is 4.79 Å². The minimum Gasteiger partial charge on any atom is -0.491 e. The van der Waals surface area contributed by atoms with Crippen LogP contribution in [0, 0.1) is 13.8 Å². The van der Waals surface area contributed by atoms with Gasteiger partial charge in [0.15, 0.2) is 0 Å². The van der Waals surface area contributed by atoms with Crippen LogP contribution in [0.15, 0.2) is 18.2 Å². The number of carbonyl (C=O) groups excluding carboxylic acids is 1. The van der Waals surface area contributed by atoms with Crippen molar-refractivity contribution < 1.29 is 9.53 Å². The fraction of sp³-hybridized carbons (Fsp3) is 0.462. The number of amides is 1. The largest absolute Gasteiger partial charge is 0.491 e. The fourth-order valence-corrected chi connectivity index (χ4v) is 1.62. The third-order valence-corrected chi connectivity index (χ3v) is 2.34. The third-order valence-electron chi connectivity index (χ3n) is 2.34. The van der Waals surface area contributed by atoms with Crippen LogP contribution in [0.2, 0.25) is 0 Å². The Balaban J connectivity index is 2.57. The van der Waals surface area contributed by atoms with Gasteiger partial charge in [0.1, 0.15) is 12.4 Å². The molecule has 0 spiro atoms. The van der Waals surface area contributed by atoms with Crippen molar-refractivity contribution in [3.63, 3.8) is 0 Å². The number of para-hydroxylation sites is 1. The number of benzene rings is 1. The lowest BCUT2D eigenvalue weighted by Gasteiger charge is -2.16. The molecule has 0 radical (unpaired) electrons. The number of hydrogen-bond donors (Lipinski definition) is 1. The van der Waals surface area contributed by atoms with E-state index in [9.17, 15) is 4.79 Å². The number of carbonyl (C=O) groups is 1. The molecular formula is C13H19NO2. The molecule has 0 fully saturated rings. The van der Waals surface area contributed by atoms with E-state index in [1.165, 1.54) is 6.92 Å². The molecule has 0 saturated carbocycles. The lowest BCUT2D eigenvalue weighted by molar-refractivity contribution is -0.119. The highest BCUT2D eigenvalue weighted by Gasteiger charge is 2.07. The van der Waals surface area contributed by atoms with Gasteiger partial charge in [-0.3, -0.25) is 4.79 Å². The van der Waals surface area contributed by atoms with Gasteiger partial charge in [-0.25, -0.2) is 0 Å². The van der Waals surface area contributed by atoms with E-state index in [2.05, 4.69) is 5.32 Å². The Morgan fingerprint density at radius 1 is 1.38 bits per heavy atom. The Labute approximate surface area is 96.8 Å². The van der Waals surface area contributed by atoms with Crippen molar-refractivity contribution in [1.82, 2.24) is 5.32 Å². The molecule has 0 bridgehead atoms. The van der Waals surface area contributed by atoms with E-state index in [-0.39, 0.29) is 11.9 Å². The zero-order valence-corrected chi connectivity index (χ0v) is 10.3. The van der Waals surface area contributed by atoms with Crippen LogP contribution in [0.1, 0.15) is 25.0 Å². The summed E-state index contributed by atoms with van der Waals surface area (Å²) in [5.41, 5.74) is 2.24. The minimum absolute atomic E-state index is 0.0245. The zero-order valence-electron chi connectivity index (χ0n) is 10.3. The van der Waals surface area contributed by atoms with Gasteiger partial charge >= 0.3 is 0 Å². The van der Waals surface area contributed by atoms with Crippen molar-refractivity contribution in [3.05, 3.63) is 29.3 Å². The van der Waals surface area contributed by atoms with Gasteiger partial charge in [0.2, 0.25) is 5.91 Å². The summed E-state index contributed by atoms with van der Waals surface area (Å²) < 4.78 is 5.72. The first kappa shape index (κ1) is 12.6. The molecule has 0 aromatic heterocycles. The molecule has 0 saturated heterocycles. The van der Waals surface area contributed by atoms with E-state index in [4.69, 9.17) is 4.74 Å². The zero-order chi connectivity index (χ0) is 12.1. The van der Waals surface area contributed by atoms with Gasteiger partial charge in [-0.1, -0.05) is 18.2 Å². The monoisotopic (exact) mass is 221 g/mol. The summed E-state index contributed by atoms with van der Waals surface area (Å²) in [6.45, 7) is 7.96. The first-order chi connectivity index (χ1) is 7.50. The molecule has 0 aliphatic carbocycles. The average Bonchev–Trinajstić information content (AvgIpc) is 2.15. The van der Waals surface area contributed by atoms with Gasteiger partial charge in [-0.2, -0.15) is 0 Å². The summed E-state index contributed by atoms with van der Waals surface area (Å²) in [5, 5.41) is 2.79. The Bertz CT molecular complexity index is 354. The molecule has 1 rings (SSSR count). The van der Waals surface area contributed by atoms with Gasteiger partial charge < -0.3 is 10.1 Å². The standard InChI is InChI=1S/C13H19NO2/c1-9-6-5-7-10(2)13(9)16-8-11(3)14-12(4)15/h5-7,11H,8H2,1-4H3,(H,14,15). The molecule has 16 heavy (non-hydrogen) atoms. The molecule has 1 unspecified atom stereocenters. The summed E-state index contributed by atoms with van der Waals surface area (Å²) >= 11 is 0. The quantitative estimate of drug-likeness (QED) is 0.846. The summed E-state index contributed by atoms with van der Waals surface area (Å²) in [4.78, 5) is 10.8. The molecule has 3 heteroatoms. The van der Waals surface area contributed by atoms with E-state index in [0.717, 1.165) is 16.9 Å². The number of ether oxygens (including phenoxy) is 1. The maximum atomic E-state index is 10.8. The molecule has 0 aliphatic rings. The van der Waals surface area contributed by atoms with Gasteiger partial charge in [-0.05, 0) is 31.9 Å². The first-order valence-corrected chi connectivity index (χ1v) is 5.47. The number of aryl methyl sites for hydroxylation is 2. The minimum atomic E-state index is -0.0300. The molecular weight excluding hydrogens is 202 g/mol. The lowest BCUT2D eigenvalue weighted by Crippen LogP contribution is -2.35. The summed E-state index contributed by atoms with van der Waals surface area (Å²) in [6.07, 6.45) is 0. The molecule has 0 aliphatic heterocycles. The maximum Gasteiger partial charge on any atom is 0.217 e. The second-order valence-corrected chi connectivity index (χ2v) is 4.13. The fourth-order valence-electron chi connectivity index (χ4n) is 1.62. The van der Waals surface area contributed by atoms with Gasteiger partial charge in [0.05, 0.1) is 6.04 Å². The van der Waals surface area contributed by atoms with E-state index < -0.39 is 0 Å². The van der Waals surface area contributed by atoms with E-state index in [1.807, 2.05) is 39.0 Å². The second kappa shape index (κ2) is 5.54. The Hall–Kier alpha value is -1.51. The van der Waals surface area contributed by atoms with Crippen molar-refractivity contribution >= 4 is 5.91 Å². The highest BCUT2D eigenvalue weighted by Crippen LogP contribution is 2.22. The SMILES string of the molecule is CC(=O)NC(C)COc1c(C)cccc1C. The number of hydrogen-bond acceptors (Lipinski definition) is 2. The van der Waals surface area contributed by atoms with Crippen molar-refractivity contribution in [2.24, 2.45) is 0 Å². The summed E-state index contributed by atoms with van der Waals surface area (Å²) in [6, 6.07) is 6.07. The van der Waals surface area contributed by atoms with Gasteiger partial charge in [0.25, 0.3) is 0 Å². The average molecular weight is 221 g/mol. The van der Waals surface area contributed by atoms with Crippen LogP contribution in [0.25, 0.3) is 0 Å². The topological polar surface area (TPSA) is 38.3 Å².